The highest BCUT2D eigenvalue weighted by atomic mass is 32.1. The lowest BCUT2D eigenvalue weighted by atomic mass is 9.96. The molecular formula is C17H19N3S. The molecule has 4 heteroatoms. The van der Waals surface area contributed by atoms with Crippen molar-refractivity contribution >= 4 is 17.3 Å². The molecule has 0 saturated heterocycles. The minimum Gasteiger partial charge on any atom is -0.370 e. The molecule has 1 atom stereocenters. The van der Waals surface area contributed by atoms with Crippen LogP contribution in [0.5, 0.6) is 0 Å². The molecule has 1 aliphatic carbocycles. The van der Waals surface area contributed by atoms with Gasteiger partial charge in [0.15, 0.2) is 5.96 Å². The number of thiophene rings is 1. The van der Waals surface area contributed by atoms with Crippen LogP contribution in [0.3, 0.4) is 0 Å². The first-order valence-electron chi connectivity index (χ1n) is 7.50. The summed E-state index contributed by atoms with van der Waals surface area (Å²) in [5, 5.41) is 2.12. The summed E-state index contributed by atoms with van der Waals surface area (Å²) in [6, 6.07) is 13.4. The SMILES string of the molecule is NC1=NCC(c2ccccc2C2CC2)N1Cc1cccs1. The Balaban J connectivity index is 1.65. The van der Waals surface area contributed by atoms with Crippen LogP contribution in [0.1, 0.15) is 40.8 Å². The van der Waals surface area contributed by atoms with E-state index >= 15 is 0 Å². The highest BCUT2D eigenvalue weighted by Crippen LogP contribution is 2.44. The van der Waals surface area contributed by atoms with Gasteiger partial charge >= 0.3 is 0 Å². The summed E-state index contributed by atoms with van der Waals surface area (Å²) in [5.74, 6) is 1.44. The Morgan fingerprint density at radius 1 is 1.14 bits per heavy atom. The first-order valence-corrected chi connectivity index (χ1v) is 8.38. The van der Waals surface area contributed by atoms with Crippen molar-refractivity contribution in [2.75, 3.05) is 6.54 Å². The Morgan fingerprint density at radius 2 is 1.95 bits per heavy atom. The van der Waals surface area contributed by atoms with Crippen molar-refractivity contribution in [3.05, 3.63) is 57.8 Å². The topological polar surface area (TPSA) is 41.6 Å². The van der Waals surface area contributed by atoms with Gasteiger partial charge in [-0.15, -0.1) is 11.3 Å². The van der Waals surface area contributed by atoms with Gasteiger partial charge in [-0.2, -0.15) is 0 Å². The van der Waals surface area contributed by atoms with Crippen LogP contribution in [0.25, 0.3) is 0 Å². The molecule has 2 aliphatic rings. The summed E-state index contributed by atoms with van der Waals surface area (Å²) in [6.45, 7) is 1.64. The molecule has 0 bridgehead atoms. The molecule has 1 aromatic carbocycles. The van der Waals surface area contributed by atoms with Crippen molar-refractivity contribution in [3.63, 3.8) is 0 Å². The molecule has 0 spiro atoms. The van der Waals surface area contributed by atoms with Gasteiger partial charge in [-0.05, 0) is 41.3 Å². The fourth-order valence-electron chi connectivity index (χ4n) is 3.14. The molecule has 21 heavy (non-hydrogen) atoms. The van der Waals surface area contributed by atoms with Gasteiger partial charge in [-0.25, -0.2) is 0 Å². The maximum Gasteiger partial charge on any atom is 0.192 e. The zero-order valence-electron chi connectivity index (χ0n) is 11.9. The zero-order valence-corrected chi connectivity index (χ0v) is 12.7. The maximum atomic E-state index is 6.15. The van der Waals surface area contributed by atoms with Crippen molar-refractivity contribution in [2.45, 2.75) is 31.3 Å². The molecule has 3 nitrogen and oxygen atoms in total. The van der Waals surface area contributed by atoms with Crippen LogP contribution in [-0.2, 0) is 6.54 Å². The van der Waals surface area contributed by atoms with Crippen molar-refractivity contribution < 1.29 is 0 Å². The van der Waals surface area contributed by atoms with Crippen LogP contribution in [0.15, 0.2) is 46.8 Å². The third kappa shape index (κ3) is 2.44. The monoisotopic (exact) mass is 297 g/mol. The molecule has 1 aliphatic heterocycles. The zero-order chi connectivity index (χ0) is 14.2. The summed E-state index contributed by atoms with van der Waals surface area (Å²) < 4.78 is 0. The predicted molar refractivity (Wildman–Crippen MR) is 87.5 cm³/mol. The van der Waals surface area contributed by atoms with E-state index in [0.29, 0.717) is 12.0 Å². The largest absolute Gasteiger partial charge is 0.370 e. The first kappa shape index (κ1) is 12.9. The summed E-state index contributed by atoms with van der Waals surface area (Å²) >= 11 is 1.78. The molecule has 2 N–H and O–H groups in total. The van der Waals surface area contributed by atoms with Crippen LogP contribution in [0.4, 0.5) is 0 Å². The van der Waals surface area contributed by atoms with E-state index in [-0.39, 0.29) is 0 Å². The number of rotatable bonds is 4. The molecule has 1 saturated carbocycles. The normalized spacial score (nSPS) is 21.6. The molecule has 1 fully saturated rings. The van der Waals surface area contributed by atoms with Gasteiger partial charge in [-0.1, -0.05) is 30.3 Å². The van der Waals surface area contributed by atoms with Gasteiger partial charge in [0, 0.05) is 4.88 Å². The van der Waals surface area contributed by atoms with E-state index < -0.39 is 0 Å². The average Bonchev–Trinajstić information content (AvgIpc) is 3.12. The van der Waals surface area contributed by atoms with E-state index in [4.69, 9.17) is 5.73 Å². The van der Waals surface area contributed by atoms with Crippen LogP contribution in [-0.4, -0.2) is 17.4 Å². The molecule has 1 aromatic heterocycles. The molecule has 0 radical (unpaired) electrons. The molecule has 2 heterocycles. The fourth-order valence-corrected chi connectivity index (χ4v) is 3.84. The van der Waals surface area contributed by atoms with Crippen molar-refractivity contribution in [3.8, 4) is 0 Å². The third-order valence-corrected chi connectivity index (χ3v) is 5.24. The minimum absolute atomic E-state index is 0.295. The van der Waals surface area contributed by atoms with Crippen molar-refractivity contribution in [1.82, 2.24) is 4.90 Å². The Morgan fingerprint density at radius 3 is 2.67 bits per heavy atom. The number of nitrogens with two attached hydrogens (primary N) is 1. The second-order valence-corrected chi connectivity index (χ2v) is 6.86. The third-order valence-electron chi connectivity index (χ3n) is 4.38. The minimum atomic E-state index is 0.295. The number of aliphatic imine (C=N–C) groups is 1. The average molecular weight is 297 g/mol. The standard InChI is InChI=1S/C17H19N3S/c18-17-19-10-16(20(17)11-13-4-3-9-21-13)15-6-2-1-5-14(15)12-7-8-12/h1-6,9,12,16H,7-8,10-11H2,(H2,18,19). The second kappa shape index (κ2) is 5.19. The van der Waals surface area contributed by atoms with E-state index in [1.165, 1.54) is 28.8 Å². The Bertz CT molecular complexity index is 658. The number of hydrogen-bond donors (Lipinski definition) is 1. The molecule has 4 rings (SSSR count). The molecule has 2 aromatic rings. The van der Waals surface area contributed by atoms with E-state index in [9.17, 15) is 0 Å². The summed E-state index contributed by atoms with van der Waals surface area (Å²) in [5.41, 5.74) is 9.07. The van der Waals surface area contributed by atoms with Crippen LogP contribution in [0, 0.1) is 0 Å². The van der Waals surface area contributed by atoms with Gasteiger partial charge in [0.1, 0.15) is 0 Å². The number of guanidine groups is 1. The number of benzene rings is 1. The molecular weight excluding hydrogens is 278 g/mol. The quantitative estimate of drug-likeness (QED) is 0.938. The van der Waals surface area contributed by atoms with Crippen LogP contribution < -0.4 is 5.73 Å². The van der Waals surface area contributed by atoms with E-state index in [1.54, 1.807) is 11.3 Å². The molecule has 1 unspecified atom stereocenters. The summed E-state index contributed by atoms with van der Waals surface area (Å²) in [7, 11) is 0. The van der Waals surface area contributed by atoms with Gasteiger partial charge in [-0.3, -0.25) is 4.99 Å². The summed E-state index contributed by atoms with van der Waals surface area (Å²) in [6.07, 6.45) is 2.65. The number of nitrogens with zero attached hydrogens (tertiary/aromatic N) is 2. The highest BCUT2D eigenvalue weighted by molar-refractivity contribution is 7.09. The lowest BCUT2D eigenvalue weighted by molar-refractivity contribution is 0.341. The van der Waals surface area contributed by atoms with E-state index in [0.717, 1.165) is 19.0 Å². The van der Waals surface area contributed by atoms with Gasteiger partial charge < -0.3 is 10.6 Å². The summed E-state index contributed by atoms with van der Waals surface area (Å²) in [4.78, 5) is 8.10. The van der Waals surface area contributed by atoms with Gasteiger partial charge in [0.05, 0.1) is 19.1 Å². The van der Waals surface area contributed by atoms with Gasteiger partial charge in [0.2, 0.25) is 0 Å². The van der Waals surface area contributed by atoms with Crippen LogP contribution in [0.2, 0.25) is 0 Å². The smallest absolute Gasteiger partial charge is 0.192 e. The van der Waals surface area contributed by atoms with Crippen LogP contribution >= 0.6 is 11.3 Å². The first-order chi connectivity index (χ1) is 10.3. The maximum absolute atomic E-state index is 6.15. The Labute approximate surface area is 129 Å². The van der Waals surface area contributed by atoms with Gasteiger partial charge in [0.25, 0.3) is 0 Å². The molecule has 0 amide bonds. The Kier molecular flexibility index (Phi) is 3.19. The van der Waals surface area contributed by atoms with E-state index in [1.807, 2.05) is 0 Å². The van der Waals surface area contributed by atoms with Crippen molar-refractivity contribution in [1.29, 1.82) is 0 Å². The van der Waals surface area contributed by atoms with Crippen molar-refractivity contribution in [2.24, 2.45) is 10.7 Å². The predicted octanol–water partition coefficient (Wildman–Crippen LogP) is 3.50. The Hall–Kier alpha value is -1.81. The highest BCUT2D eigenvalue weighted by Gasteiger charge is 2.33. The number of hydrogen-bond acceptors (Lipinski definition) is 4. The molecule has 108 valence electrons. The second-order valence-electron chi connectivity index (χ2n) is 5.83. The van der Waals surface area contributed by atoms with E-state index in [2.05, 4.69) is 51.7 Å². The lowest BCUT2D eigenvalue weighted by Gasteiger charge is -2.27. The lowest BCUT2D eigenvalue weighted by Crippen LogP contribution is -2.35. The fraction of sp³-hybridized carbons (Fsp3) is 0.353.